The molecule has 0 bridgehead atoms. The Balaban J connectivity index is 2.21. The Morgan fingerprint density at radius 3 is 2.67 bits per heavy atom. The van der Waals surface area contributed by atoms with E-state index in [0.29, 0.717) is 17.4 Å². The van der Waals surface area contributed by atoms with Crippen LogP contribution in [0.4, 0.5) is 11.4 Å². The van der Waals surface area contributed by atoms with Gasteiger partial charge in [-0.3, -0.25) is 10.1 Å². The summed E-state index contributed by atoms with van der Waals surface area (Å²) in [5, 5.41) is 14.6. The maximum absolute atomic E-state index is 11.2. The van der Waals surface area contributed by atoms with Crippen LogP contribution in [0.25, 0.3) is 0 Å². The van der Waals surface area contributed by atoms with E-state index in [2.05, 4.69) is 26.1 Å². The first-order valence-electron chi connectivity index (χ1n) is 7.40. The number of hydrogen-bond acceptors (Lipinski definition) is 4. The third-order valence-electron chi connectivity index (χ3n) is 4.15. The smallest absolute Gasteiger partial charge is 0.296 e. The summed E-state index contributed by atoms with van der Waals surface area (Å²) in [4.78, 5) is 10.9. The molecule has 1 aliphatic rings. The van der Waals surface area contributed by atoms with Crippen LogP contribution in [-0.2, 0) is 0 Å². The second-order valence-electron chi connectivity index (χ2n) is 6.89. The molecular weight excluding hydrogens is 268 g/mol. The lowest BCUT2D eigenvalue weighted by Crippen LogP contribution is -2.35. The van der Waals surface area contributed by atoms with Gasteiger partial charge >= 0.3 is 0 Å². The Morgan fingerprint density at radius 2 is 2.10 bits per heavy atom. The Labute approximate surface area is 125 Å². The quantitative estimate of drug-likeness (QED) is 0.666. The third kappa shape index (κ3) is 3.86. The lowest BCUT2D eigenvalue weighted by molar-refractivity contribution is -0.384. The molecule has 1 aliphatic carbocycles. The van der Waals surface area contributed by atoms with Gasteiger partial charge in [0.1, 0.15) is 11.4 Å². The van der Waals surface area contributed by atoms with Gasteiger partial charge in [0, 0.05) is 6.04 Å². The summed E-state index contributed by atoms with van der Waals surface area (Å²) in [5.74, 6) is 1.13. The SMILES string of the molecule is COc1ccc(NC2CC(C)CC(C)(C)C2)c([N+](=O)[O-])c1. The molecule has 0 saturated heterocycles. The minimum Gasteiger partial charge on any atom is -0.496 e. The highest BCUT2D eigenvalue weighted by atomic mass is 16.6. The lowest BCUT2D eigenvalue weighted by atomic mass is 9.70. The highest BCUT2D eigenvalue weighted by molar-refractivity contribution is 5.64. The second kappa shape index (κ2) is 5.92. The van der Waals surface area contributed by atoms with Gasteiger partial charge < -0.3 is 10.1 Å². The first-order valence-corrected chi connectivity index (χ1v) is 7.40. The minimum absolute atomic E-state index is 0.0744. The number of ether oxygens (including phenoxy) is 1. The molecular formula is C16H24N2O3. The Bertz CT molecular complexity index is 528. The summed E-state index contributed by atoms with van der Waals surface area (Å²) >= 11 is 0. The summed E-state index contributed by atoms with van der Waals surface area (Å²) in [7, 11) is 1.51. The second-order valence-corrected chi connectivity index (χ2v) is 6.89. The number of benzene rings is 1. The molecule has 116 valence electrons. The van der Waals surface area contributed by atoms with E-state index < -0.39 is 0 Å². The van der Waals surface area contributed by atoms with E-state index in [4.69, 9.17) is 4.74 Å². The third-order valence-corrected chi connectivity index (χ3v) is 4.15. The van der Waals surface area contributed by atoms with Crippen molar-refractivity contribution in [3.05, 3.63) is 28.3 Å². The topological polar surface area (TPSA) is 64.4 Å². The first kappa shape index (κ1) is 15.6. The summed E-state index contributed by atoms with van der Waals surface area (Å²) in [5.41, 5.74) is 0.928. The van der Waals surface area contributed by atoms with Gasteiger partial charge in [0.05, 0.1) is 18.1 Å². The molecule has 2 atom stereocenters. The van der Waals surface area contributed by atoms with Crippen LogP contribution in [0.5, 0.6) is 5.75 Å². The van der Waals surface area contributed by atoms with E-state index in [9.17, 15) is 10.1 Å². The highest BCUT2D eigenvalue weighted by Gasteiger charge is 2.32. The van der Waals surface area contributed by atoms with Gasteiger partial charge in [0.15, 0.2) is 0 Å². The Morgan fingerprint density at radius 1 is 1.38 bits per heavy atom. The number of methoxy groups -OCH3 is 1. The van der Waals surface area contributed by atoms with Crippen LogP contribution < -0.4 is 10.1 Å². The zero-order valence-corrected chi connectivity index (χ0v) is 13.2. The number of anilines is 1. The van der Waals surface area contributed by atoms with Crippen molar-refractivity contribution in [2.75, 3.05) is 12.4 Å². The fraction of sp³-hybridized carbons (Fsp3) is 0.625. The average molecular weight is 292 g/mol. The van der Waals surface area contributed by atoms with Crippen LogP contribution in [0.2, 0.25) is 0 Å². The van der Waals surface area contributed by atoms with Crippen LogP contribution in [0.1, 0.15) is 40.0 Å². The Hall–Kier alpha value is -1.78. The summed E-state index contributed by atoms with van der Waals surface area (Å²) in [6.45, 7) is 6.78. The molecule has 0 aromatic heterocycles. The molecule has 1 N–H and O–H groups in total. The van der Waals surface area contributed by atoms with Gasteiger partial charge in [0.25, 0.3) is 5.69 Å². The summed E-state index contributed by atoms with van der Waals surface area (Å²) < 4.78 is 5.07. The molecule has 2 unspecified atom stereocenters. The van der Waals surface area contributed by atoms with Crippen LogP contribution in [-0.4, -0.2) is 18.1 Å². The molecule has 1 saturated carbocycles. The van der Waals surface area contributed by atoms with Gasteiger partial charge in [-0.05, 0) is 42.7 Å². The van der Waals surface area contributed by atoms with E-state index in [0.717, 1.165) is 12.8 Å². The van der Waals surface area contributed by atoms with Crippen molar-refractivity contribution in [3.63, 3.8) is 0 Å². The standard InChI is InChI=1S/C16H24N2O3/c1-11-7-12(10-16(2,3)9-11)17-14-6-5-13(21-4)8-15(14)18(19)20/h5-6,8,11-12,17H,7,9-10H2,1-4H3. The van der Waals surface area contributed by atoms with Crippen molar-refractivity contribution < 1.29 is 9.66 Å². The highest BCUT2D eigenvalue weighted by Crippen LogP contribution is 2.40. The average Bonchev–Trinajstić information content (AvgIpc) is 2.36. The van der Waals surface area contributed by atoms with Gasteiger partial charge in [-0.2, -0.15) is 0 Å². The number of nitro benzene ring substituents is 1. The van der Waals surface area contributed by atoms with E-state index in [1.807, 2.05) is 0 Å². The zero-order valence-electron chi connectivity index (χ0n) is 13.2. The summed E-state index contributed by atoms with van der Waals surface area (Å²) in [6, 6.07) is 5.24. The number of nitrogens with one attached hydrogen (secondary N) is 1. The first-order chi connectivity index (χ1) is 9.80. The number of hydrogen-bond donors (Lipinski definition) is 1. The van der Waals surface area contributed by atoms with Crippen molar-refractivity contribution in [1.29, 1.82) is 0 Å². The number of nitro groups is 1. The zero-order chi connectivity index (χ0) is 15.6. The van der Waals surface area contributed by atoms with Crippen LogP contribution in [0.15, 0.2) is 18.2 Å². The number of rotatable bonds is 4. The van der Waals surface area contributed by atoms with Crippen molar-refractivity contribution >= 4 is 11.4 Å². The van der Waals surface area contributed by atoms with Gasteiger partial charge in [-0.15, -0.1) is 0 Å². The largest absolute Gasteiger partial charge is 0.496 e. The monoisotopic (exact) mass is 292 g/mol. The maximum atomic E-state index is 11.2. The van der Waals surface area contributed by atoms with Crippen molar-refractivity contribution in [2.24, 2.45) is 11.3 Å². The molecule has 5 heteroatoms. The fourth-order valence-electron chi connectivity index (χ4n) is 3.59. The molecule has 0 radical (unpaired) electrons. The van der Waals surface area contributed by atoms with Gasteiger partial charge in [-0.25, -0.2) is 0 Å². The maximum Gasteiger partial charge on any atom is 0.296 e. The lowest BCUT2D eigenvalue weighted by Gasteiger charge is -2.39. The van der Waals surface area contributed by atoms with Crippen LogP contribution in [0.3, 0.4) is 0 Å². The minimum atomic E-state index is -0.359. The van der Waals surface area contributed by atoms with Crippen molar-refractivity contribution in [1.82, 2.24) is 0 Å². The fourth-order valence-corrected chi connectivity index (χ4v) is 3.59. The summed E-state index contributed by atoms with van der Waals surface area (Å²) in [6.07, 6.45) is 3.28. The predicted molar refractivity (Wildman–Crippen MR) is 83.9 cm³/mol. The molecule has 1 fully saturated rings. The molecule has 0 heterocycles. The van der Waals surface area contributed by atoms with Gasteiger partial charge in [-0.1, -0.05) is 20.8 Å². The van der Waals surface area contributed by atoms with E-state index in [-0.39, 0.29) is 22.1 Å². The van der Waals surface area contributed by atoms with E-state index >= 15 is 0 Å². The van der Waals surface area contributed by atoms with E-state index in [1.54, 1.807) is 12.1 Å². The number of nitrogens with zero attached hydrogens (tertiary/aromatic N) is 1. The van der Waals surface area contributed by atoms with Crippen LogP contribution in [0, 0.1) is 21.4 Å². The molecule has 0 spiro atoms. The van der Waals surface area contributed by atoms with Crippen molar-refractivity contribution in [3.8, 4) is 5.75 Å². The normalized spacial score (nSPS) is 24.4. The predicted octanol–water partition coefficient (Wildman–Crippen LogP) is 4.23. The molecule has 5 nitrogen and oxygen atoms in total. The molecule has 1 aromatic rings. The molecule has 0 amide bonds. The van der Waals surface area contributed by atoms with Crippen LogP contribution >= 0.6 is 0 Å². The van der Waals surface area contributed by atoms with Gasteiger partial charge in [0.2, 0.25) is 0 Å². The Kier molecular flexibility index (Phi) is 4.40. The molecule has 2 rings (SSSR count). The van der Waals surface area contributed by atoms with Crippen molar-refractivity contribution in [2.45, 2.75) is 46.1 Å². The molecule has 0 aliphatic heterocycles. The molecule has 1 aromatic carbocycles. The van der Waals surface area contributed by atoms with E-state index in [1.165, 1.54) is 19.6 Å². The molecule has 21 heavy (non-hydrogen) atoms.